The smallest absolute Gasteiger partial charge is 0.128 e. The van der Waals surface area contributed by atoms with E-state index in [-0.39, 0.29) is 6.04 Å². The summed E-state index contributed by atoms with van der Waals surface area (Å²) >= 11 is 3.66. The molecule has 4 nitrogen and oxygen atoms in total. The Morgan fingerprint density at radius 2 is 2.21 bits per heavy atom. The molecular formula is C14H17BrN4. The summed E-state index contributed by atoms with van der Waals surface area (Å²) in [5, 5.41) is 0. The second-order valence-corrected chi connectivity index (χ2v) is 5.81. The van der Waals surface area contributed by atoms with Crippen molar-refractivity contribution in [3.63, 3.8) is 0 Å². The highest BCUT2D eigenvalue weighted by Gasteiger charge is 2.18. The summed E-state index contributed by atoms with van der Waals surface area (Å²) in [5.74, 6) is 1.12. The fourth-order valence-electron chi connectivity index (χ4n) is 2.44. The molecule has 1 aromatic carbocycles. The monoisotopic (exact) mass is 320 g/mol. The van der Waals surface area contributed by atoms with Crippen LogP contribution in [-0.2, 0) is 13.1 Å². The van der Waals surface area contributed by atoms with Crippen LogP contribution in [0.4, 0.5) is 5.69 Å². The lowest BCUT2D eigenvalue weighted by molar-refractivity contribution is 0.559. The molecule has 0 saturated heterocycles. The summed E-state index contributed by atoms with van der Waals surface area (Å²) in [6, 6.07) is 6.42. The van der Waals surface area contributed by atoms with Crippen LogP contribution in [-0.4, -0.2) is 16.1 Å². The van der Waals surface area contributed by atoms with Crippen molar-refractivity contribution in [3.8, 4) is 0 Å². The highest BCUT2D eigenvalue weighted by atomic mass is 79.9. The lowest BCUT2D eigenvalue weighted by Gasteiger charge is -2.30. The van der Waals surface area contributed by atoms with Gasteiger partial charge in [-0.25, -0.2) is 4.98 Å². The third kappa shape index (κ3) is 2.40. The molecule has 0 radical (unpaired) electrons. The highest BCUT2D eigenvalue weighted by Crippen LogP contribution is 2.31. The van der Waals surface area contributed by atoms with Crippen LogP contribution >= 0.6 is 15.9 Å². The van der Waals surface area contributed by atoms with E-state index in [0.29, 0.717) is 0 Å². The van der Waals surface area contributed by atoms with E-state index in [1.54, 1.807) is 0 Å². The van der Waals surface area contributed by atoms with Crippen molar-refractivity contribution < 1.29 is 0 Å². The number of fused-ring (bicyclic) bond motifs is 1. The Labute approximate surface area is 121 Å². The average molecular weight is 321 g/mol. The van der Waals surface area contributed by atoms with Gasteiger partial charge in [0.2, 0.25) is 0 Å². The molecular weight excluding hydrogens is 304 g/mol. The van der Waals surface area contributed by atoms with Gasteiger partial charge in [-0.3, -0.25) is 0 Å². The molecule has 0 amide bonds. The maximum Gasteiger partial charge on any atom is 0.128 e. The standard InChI is InChI=1S/C14H17BrN4/c1-10(16)11-2-3-13(12(15)8-11)19-7-6-18-5-4-17-14(18)9-19/h2-5,8,10H,6-7,9,16H2,1H3/t10-/m0/s1. The maximum atomic E-state index is 5.91. The summed E-state index contributed by atoms with van der Waals surface area (Å²) in [4.78, 5) is 6.74. The van der Waals surface area contributed by atoms with Gasteiger partial charge in [0.25, 0.3) is 0 Å². The molecule has 1 aromatic heterocycles. The average Bonchev–Trinajstić information content (AvgIpc) is 2.85. The quantitative estimate of drug-likeness (QED) is 0.925. The fourth-order valence-corrected chi connectivity index (χ4v) is 3.09. The van der Waals surface area contributed by atoms with E-state index in [9.17, 15) is 0 Å². The summed E-state index contributed by atoms with van der Waals surface area (Å²) in [6.45, 7) is 4.83. The molecule has 2 heterocycles. The number of nitrogens with zero attached hydrogens (tertiary/aromatic N) is 3. The molecule has 0 spiro atoms. The third-order valence-corrected chi connectivity index (χ3v) is 4.22. The first-order valence-corrected chi connectivity index (χ1v) is 7.24. The first kappa shape index (κ1) is 12.7. The maximum absolute atomic E-state index is 5.91. The van der Waals surface area contributed by atoms with Crippen molar-refractivity contribution in [3.05, 3.63) is 46.5 Å². The predicted molar refractivity (Wildman–Crippen MR) is 80.0 cm³/mol. The summed E-state index contributed by atoms with van der Waals surface area (Å²) in [5.41, 5.74) is 8.27. The first-order chi connectivity index (χ1) is 9.15. The van der Waals surface area contributed by atoms with Gasteiger partial charge >= 0.3 is 0 Å². The Bertz CT molecular complexity index is 591. The minimum atomic E-state index is 0.0607. The zero-order chi connectivity index (χ0) is 13.4. The highest BCUT2D eigenvalue weighted by molar-refractivity contribution is 9.10. The number of halogens is 1. The van der Waals surface area contributed by atoms with E-state index in [1.807, 2.05) is 19.3 Å². The van der Waals surface area contributed by atoms with Crippen molar-refractivity contribution in [1.82, 2.24) is 9.55 Å². The SMILES string of the molecule is C[C@H](N)c1ccc(N2CCn3ccnc3C2)c(Br)c1. The molecule has 0 saturated carbocycles. The minimum Gasteiger partial charge on any atom is -0.361 e. The van der Waals surface area contributed by atoms with Gasteiger partial charge in [-0.05, 0) is 40.5 Å². The van der Waals surface area contributed by atoms with Crippen molar-refractivity contribution in [2.45, 2.75) is 26.1 Å². The number of hydrogen-bond donors (Lipinski definition) is 1. The number of benzene rings is 1. The number of nitrogens with two attached hydrogens (primary N) is 1. The predicted octanol–water partition coefficient (Wildman–Crippen LogP) is 2.69. The van der Waals surface area contributed by atoms with Crippen LogP contribution in [0.25, 0.3) is 0 Å². The molecule has 1 atom stereocenters. The first-order valence-electron chi connectivity index (χ1n) is 6.45. The van der Waals surface area contributed by atoms with Crippen LogP contribution in [0.1, 0.15) is 24.4 Å². The molecule has 2 aromatic rings. The topological polar surface area (TPSA) is 47.1 Å². The largest absolute Gasteiger partial charge is 0.361 e. The Hall–Kier alpha value is -1.33. The Morgan fingerprint density at radius 1 is 1.37 bits per heavy atom. The molecule has 5 heteroatoms. The van der Waals surface area contributed by atoms with Crippen LogP contribution in [0.3, 0.4) is 0 Å². The van der Waals surface area contributed by atoms with Crippen LogP contribution in [0, 0.1) is 0 Å². The Kier molecular flexibility index (Phi) is 3.33. The van der Waals surface area contributed by atoms with Gasteiger partial charge in [-0.1, -0.05) is 6.07 Å². The second kappa shape index (κ2) is 4.98. The zero-order valence-corrected chi connectivity index (χ0v) is 12.5. The Morgan fingerprint density at radius 3 is 2.95 bits per heavy atom. The van der Waals surface area contributed by atoms with E-state index < -0.39 is 0 Å². The molecule has 0 aliphatic carbocycles. The number of imidazole rings is 1. The molecule has 100 valence electrons. The van der Waals surface area contributed by atoms with Gasteiger partial charge in [0.05, 0.1) is 12.2 Å². The van der Waals surface area contributed by atoms with Gasteiger partial charge in [-0.2, -0.15) is 0 Å². The normalized spacial score (nSPS) is 16.3. The summed E-state index contributed by atoms with van der Waals surface area (Å²) < 4.78 is 3.31. The molecule has 0 bridgehead atoms. The molecule has 1 aliphatic rings. The van der Waals surface area contributed by atoms with Crippen LogP contribution in [0.5, 0.6) is 0 Å². The van der Waals surface area contributed by atoms with Gasteiger partial charge in [0.15, 0.2) is 0 Å². The molecule has 1 aliphatic heterocycles. The third-order valence-electron chi connectivity index (χ3n) is 3.58. The zero-order valence-electron chi connectivity index (χ0n) is 10.9. The van der Waals surface area contributed by atoms with E-state index >= 15 is 0 Å². The number of aromatic nitrogens is 2. The number of hydrogen-bond acceptors (Lipinski definition) is 3. The summed E-state index contributed by atoms with van der Waals surface area (Å²) in [7, 11) is 0. The van der Waals surface area contributed by atoms with Crippen molar-refractivity contribution >= 4 is 21.6 Å². The van der Waals surface area contributed by atoms with Gasteiger partial charge in [0, 0.05) is 36.0 Å². The minimum absolute atomic E-state index is 0.0607. The lowest BCUT2D eigenvalue weighted by Crippen LogP contribution is -2.33. The van der Waals surface area contributed by atoms with E-state index in [4.69, 9.17) is 5.73 Å². The number of anilines is 1. The van der Waals surface area contributed by atoms with Crippen LogP contribution in [0.15, 0.2) is 35.1 Å². The Balaban J connectivity index is 1.88. The van der Waals surface area contributed by atoms with Crippen LogP contribution < -0.4 is 10.6 Å². The van der Waals surface area contributed by atoms with Gasteiger partial charge in [0.1, 0.15) is 5.82 Å². The summed E-state index contributed by atoms with van der Waals surface area (Å²) in [6.07, 6.45) is 3.91. The van der Waals surface area contributed by atoms with Gasteiger partial charge < -0.3 is 15.2 Å². The second-order valence-electron chi connectivity index (χ2n) is 4.96. The fraction of sp³-hybridized carbons (Fsp3) is 0.357. The van der Waals surface area contributed by atoms with E-state index in [0.717, 1.165) is 35.5 Å². The molecule has 0 unspecified atom stereocenters. The van der Waals surface area contributed by atoms with E-state index in [2.05, 4.69) is 48.6 Å². The molecule has 0 fully saturated rings. The lowest BCUT2D eigenvalue weighted by atomic mass is 10.1. The number of rotatable bonds is 2. The van der Waals surface area contributed by atoms with Crippen molar-refractivity contribution in [2.75, 3.05) is 11.4 Å². The van der Waals surface area contributed by atoms with E-state index in [1.165, 1.54) is 5.69 Å². The molecule has 19 heavy (non-hydrogen) atoms. The van der Waals surface area contributed by atoms with Gasteiger partial charge in [-0.15, -0.1) is 0 Å². The van der Waals surface area contributed by atoms with Crippen molar-refractivity contribution in [2.24, 2.45) is 5.73 Å². The van der Waals surface area contributed by atoms with Crippen LogP contribution in [0.2, 0.25) is 0 Å². The van der Waals surface area contributed by atoms with Crippen molar-refractivity contribution in [1.29, 1.82) is 0 Å². The molecule has 3 rings (SSSR count). The molecule has 2 N–H and O–H groups in total.